The molecule has 20 heteroatoms. The highest BCUT2D eigenvalue weighted by Gasteiger charge is 0.745. The van der Waals surface area contributed by atoms with Crippen molar-refractivity contribution >= 4 is 0 Å². The van der Waals surface area contributed by atoms with Gasteiger partial charge in [0.25, 0.3) is 0 Å². The number of rotatable bonds is 0. The summed E-state index contributed by atoms with van der Waals surface area (Å²) >= 11 is 0. The van der Waals surface area contributed by atoms with E-state index < -0.39 is 0 Å². The van der Waals surface area contributed by atoms with Gasteiger partial charge >= 0.3 is 0 Å². The van der Waals surface area contributed by atoms with Crippen molar-refractivity contribution in [2.45, 2.75) is 0 Å². The molecule has 0 atom stereocenters. The second kappa shape index (κ2) is 8410. The lowest BCUT2D eigenvalue weighted by Crippen LogP contribution is -1.29. The Balaban J connectivity index is -0.0000000000327. The first-order valence-electron chi connectivity index (χ1n) is 0.200. The van der Waals surface area contributed by atoms with E-state index in [1.807, 2.05) is 0 Å². The zero-order valence-corrected chi connectivity index (χ0v) is 9.89. The molecule has 0 aromatic heterocycles. The molecule has 158 valence electrons. The number of hydrogen-bond donors (Lipinski definition) is 2. The highest BCUT2D eigenvalue weighted by molar-refractivity contribution is 1.82. The van der Waals surface area contributed by atoms with Crippen molar-refractivity contribution in [2.24, 2.45) is 0 Å². The Bertz CT molecular complexity index is 0. The quantitative estimate of drug-likeness (QED) is 0.314. The Morgan fingerprint density at radius 2 is 0.150 bits per heavy atom. The molecule has 0 fully saturated rings. The summed E-state index contributed by atoms with van der Waals surface area (Å²) in [5, 5.41) is 12.0. The molecule has 38 N–H and O–H groups in total. The Morgan fingerprint density at radius 1 is 0.150 bits per heavy atom. The predicted octanol–water partition coefficient (Wildman–Crippen LogP) is -14.8. The van der Waals surface area contributed by atoms with Gasteiger partial charge in [0, 0.05) is 0 Å². The standard InChI is InChI=1S/H2O2.18H2O/c1-2;;;;;;;;;;;;;;;;;;/h1-2H;18*1H2. The summed E-state index contributed by atoms with van der Waals surface area (Å²) < 4.78 is 0. The smallest absolute Gasteiger partial charge is 0.255 e. The summed E-state index contributed by atoms with van der Waals surface area (Å²) in [7, 11) is 0. The summed E-state index contributed by atoms with van der Waals surface area (Å²) in [5.74, 6) is 0. The van der Waals surface area contributed by atoms with Gasteiger partial charge in [-0.2, -0.15) is 0 Å². The van der Waals surface area contributed by atoms with Crippen LogP contribution in [0.25, 0.3) is 0 Å². The average Bonchev–Trinajstić information content (AvgIpc) is 1.00. The van der Waals surface area contributed by atoms with Crippen LogP contribution in [-0.4, -0.2) is 109 Å². The molecule has 0 aromatic rings. The first-order chi connectivity index (χ1) is 1.00. The minimum absolute atomic E-state index is 0. The van der Waals surface area contributed by atoms with E-state index in [0.29, 0.717) is 0 Å². The van der Waals surface area contributed by atoms with E-state index in [1.54, 1.807) is 0 Å². The normalized spacial score (nSPS) is 0.300. The second-order valence-electron chi connectivity index (χ2n) is 0. The zero-order valence-electron chi connectivity index (χ0n) is 9.89. The van der Waals surface area contributed by atoms with Crippen molar-refractivity contribution in [3.63, 3.8) is 0 Å². The lowest BCUT2D eigenvalue weighted by atomic mass is 15.0. The summed E-state index contributed by atoms with van der Waals surface area (Å²) in [6.45, 7) is 0. The van der Waals surface area contributed by atoms with Gasteiger partial charge in [-0.25, -0.2) is 0 Å². The molecule has 20 heavy (non-hydrogen) atoms. The monoisotopic (exact) mass is 358 g/mol. The van der Waals surface area contributed by atoms with Crippen molar-refractivity contribution in [3.8, 4) is 0 Å². The Hall–Kier alpha value is -0.800. The van der Waals surface area contributed by atoms with Gasteiger partial charge < -0.3 is 98.6 Å². The molecule has 0 aromatic carbocycles. The fourth-order valence-electron chi connectivity index (χ4n) is 0. The molecule has 0 radical (unpaired) electrons. The first-order valence-corrected chi connectivity index (χ1v) is 0.200. The molecule has 0 unspecified atom stereocenters. The highest BCUT2D eigenvalue weighted by atomic mass is 17.0. The first kappa shape index (κ1) is 159000. The second-order valence-corrected chi connectivity index (χ2v) is 0. The van der Waals surface area contributed by atoms with E-state index in [4.69, 9.17) is 10.5 Å². The van der Waals surface area contributed by atoms with Crippen LogP contribution in [0, 0.1) is 0 Å². The van der Waals surface area contributed by atoms with Crippen molar-refractivity contribution in [3.05, 3.63) is 0 Å². The molecule has 0 aliphatic carbocycles. The third-order valence-corrected chi connectivity index (χ3v) is 0. The maximum Gasteiger partial charge on any atom is -0.255 e. The molecule has 0 saturated heterocycles. The topological polar surface area (TPSA) is 607 Å². The van der Waals surface area contributed by atoms with Crippen LogP contribution < -0.4 is 0 Å². The molecule has 20 nitrogen and oxygen atoms in total. The van der Waals surface area contributed by atoms with E-state index in [-0.39, 0.29) is 98.6 Å². The third-order valence-electron chi connectivity index (χ3n) is 0. The van der Waals surface area contributed by atoms with E-state index in [2.05, 4.69) is 0 Å². The largest absolute Gasteiger partial charge is 0.412 e. The van der Waals surface area contributed by atoms with Crippen molar-refractivity contribution in [1.29, 1.82) is 0 Å². The van der Waals surface area contributed by atoms with Gasteiger partial charge in [0.15, 0.2) is 0 Å². The molecular weight excluding hydrogens is 320 g/mol. The van der Waals surface area contributed by atoms with E-state index in [0.717, 1.165) is 0 Å². The molecule has 0 saturated carbocycles. The predicted molar refractivity (Wildman–Crippen MR) is 70.3 cm³/mol. The van der Waals surface area contributed by atoms with Crippen LogP contribution in [0.4, 0.5) is 0 Å². The van der Waals surface area contributed by atoms with Crippen LogP contribution >= 0.6 is 0 Å². The Labute approximate surface area is 111 Å². The number of hydrogen-bond acceptors (Lipinski definition) is 2. The van der Waals surface area contributed by atoms with Crippen LogP contribution in [0.1, 0.15) is 0 Å². The molecule has 0 rings (SSSR count). The van der Waals surface area contributed by atoms with Crippen LogP contribution in [0.3, 0.4) is 0 Å². The van der Waals surface area contributed by atoms with E-state index in [1.165, 1.54) is 0 Å². The van der Waals surface area contributed by atoms with E-state index >= 15 is 0 Å². The molecular formula is H38O20. The summed E-state index contributed by atoms with van der Waals surface area (Å²) in [6.07, 6.45) is 0. The van der Waals surface area contributed by atoms with Gasteiger partial charge in [-0.1, -0.05) is 0 Å². The van der Waals surface area contributed by atoms with Crippen molar-refractivity contribution in [2.75, 3.05) is 0 Å². The lowest BCUT2D eigenvalue weighted by molar-refractivity contribution is -0.176. The molecule has 0 heterocycles. The van der Waals surface area contributed by atoms with Crippen LogP contribution in [0.15, 0.2) is 0 Å². The van der Waals surface area contributed by atoms with Gasteiger partial charge in [0.05, 0.1) is 0 Å². The van der Waals surface area contributed by atoms with Gasteiger partial charge in [-0.15, -0.1) is 0 Å². The van der Waals surface area contributed by atoms with Gasteiger partial charge in [0.2, 0.25) is 0 Å². The zero-order chi connectivity index (χ0) is 2.00. The minimum atomic E-state index is 0. The minimum Gasteiger partial charge on any atom is -0.412 e. The highest BCUT2D eigenvalue weighted by Crippen LogP contribution is 0.711. The van der Waals surface area contributed by atoms with Gasteiger partial charge in [-0.05, 0) is 0 Å². The molecule has 0 amide bonds. The SMILES string of the molecule is O.O.O.O.O.O.O.O.O.O.O.O.O.O.O.O.O.O.OO. The van der Waals surface area contributed by atoms with Gasteiger partial charge in [0.1, 0.15) is 0 Å². The summed E-state index contributed by atoms with van der Waals surface area (Å²) in [6, 6.07) is 0. The maximum atomic E-state index is 6.00. The maximum absolute atomic E-state index is 6.00. The van der Waals surface area contributed by atoms with E-state index in [9.17, 15) is 0 Å². The van der Waals surface area contributed by atoms with Crippen LogP contribution in [0.2, 0.25) is 0 Å². The van der Waals surface area contributed by atoms with Crippen LogP contribution in [-0.2, 0) is 0 Å². The fraction of sp³-hybridized carbons (Fsp3) is 0. The van der Waals surface area contributed by atoms with Gasteiger partial charge in [-0.3, -0.25) is 10.5 Å². The summed E-state index contributed by atoms with van der Waals surface area (Å²) in [5.41, 5.74) is 0. The van der Waals surface area contributed by atoms with Crippen molar-refractivity contribution in [1.82, 2.24) is 0 Å². The summed E-state index contributed by atoms with van der Waals surface area (Å²) in [4.78, 5) is 0. The molecule has 0 spiro atoms. The van der Waals surface area contributed by atoms with Crippen molar-refractivity contribution < 1.29 is 109 Å². The third kappa shape index (κ3) is 7050. The molecule has 0 aliphatic rings. The lowest BCUT2D eigenvalue weighted by Gasteiger charge is -1.25. The molecule has 0 bridgehead atoms. The van der Waals surface area contributed by atoms with Crippen LogP contribution in [0.5, 0.6) is 0 Å². The molecule has 0 aliphatic heterocycles. The fourth-order valence-corrected chi connectivity index (χ4v) is 0. The Kier molecular flexibility index (Phi) is 66900000. The average molecular weight is 358 g/mol. The Morgan fingerprint density at radius 3 is 0.150 bits per heavy atom.